The van der Waals surface area contributed by atoms with Crippen LogP contribution >= 0.6 is 0 Å². The number of carbonyl (C=O) groups excluding carboxylic acids is 5. The molecule has 0 saturated carbocycles. The molecule has 0 aliphatic carbocycles. The number of amides is 1. The zero-order valence-electron chi connectivity index (χ0n) is 16.3. The Bertz CT molecular complexity index is 1060. The van der Waals surface area contributed by atoms with Gasteiger partial charge in [-0.25, -0.2) is 14.4 Å². The molecule has 1 amide bonds. The fourth-order valence-electron chi connectivity index (χ4n) is 4.26. The Morgan fingerprint density at radius 2 is 1.70 bits per heavy atom. The molecule has 156 valence electrons. The molecule has 1 fully saturated rings. The molecule has 1 aromatic carbocycles. The second-order valence-corrected chi connectivity index (χ2v) is 6.74. The van der Waals surface area contributed by atoms with E-state index in [-0.39, 0.29) is 17.7 Å². The van der Waals surface area contributed by atoms with Gasteiger partial charge in [-0.2, -0.15) is 0 Å². The van der Waals surface area contributed by atoms with Crippen LogP contribution in [-0.4, -0.2) is 67.5 Å². The Morgan fingerprint density at radius 3 is 2.33 bits per heavy atom. The molecular formula is C20H17NO9. The van der Waals surface area contributed by atoms with Crippen LogP contribution in [0.3, 0.4) is 0 Å². The van der Waals surface area contributed by atoms with E-state index in [4.69, 9.17) is 18.9 Å². The zero-order valence-corrected chi connectivity index (χ0v) is 16.3. The monoisotopic (exact) mass is 415 g/mol. The summed E-state index contributed by atoms with van der Waals surface area (Å²) in [4.78, 5) is 65.9. The summed E-state index contributed by atoms with van der Waals surface area (Å²) in [6.45, 7) is 0.800. The highest BCUT2D eigenvalue weighted by atomic mass is 16.6. The van der Waals surface area contributed by atoms with Crippen LogP contribution in [0.5, 0.6) is 0 Å². The minimum atomic E-state index is -2.57. The second kappa shape index (κ2) is 6.49. The molecule has 2 unspecified atom stereocenters. The van der Waals surface area contributed by atoms with E-state index in [1.54, 1.807) is 12.1 Å². The molecule has 0 N–H and O–H groups in total. The first kappa shape index (κ1) is 19.8. The lowest BCUT2D eigenvalue weighted by Crippen LogP contribution is -2.63. The van der Waals surface area contributed by atoms with Crippen molar-refractivity contribution in [2.24, 2.45) is 0 Å². The van der Waals surface area contributed by atoms with E-state index in [0.717, 1.165) is 19.1 Å². The molecule has 3 aliphatic heterocycles. The molecule has 10 nitrogen and oxygen atoms in total. The van der Waals surface area contributed by atoms with Crippen LogP contribution in [0.15, 0.2) is 35.4 Å². The number of ketones is 1. The van der Waals surface area contributed by atoms with Crippen LogP contribution in [0, 0.1) is 0 Å². The van der Waals surface area contributed by atoms with Gasteiger partial charge in [-0.15, -0.1) is 0 Å². The Kier molecular flexibility index (Phi) is 4.28. The van der Waals surface area contributed by atoms with Crippen LogP contribution in [0.4, 0.5) is 0 Å². The highest BCUT2D eigenvalue weighted by Crippen LogP contribution is 2.58. The lowest BCUT2D eigenvalue weighted by molar-refractivity contribution is -0.214. The number of benzene rings is 1. The maximum atomic E-state index is 13.2. The standard InChI is InChI=1S/C20H17NO9/c1-4-29-18(26)19-12(22)9-21-15(23)10-7-5-6-8-11(10)20(21,30-19)14(17(25)28-3)13(19)16(24)27-2/h5-8H,4,9H2,1-3H3. The minimum absolute atomic E-state index is 0.120. The van der Waals surface area contributed by atoms with Gasteiger partial charge in [0.25, 0.3) is 11.5 Å². The quantitative estimate of drug-likeness (QED) is 0.375. The zero-order chi connectivity index (χ0) is 21.8. The molecule has 2 atom stereocenters. The topological polar surface area (TPSA) is 126 Å². The van der Waals surface area contributed by atoms with Gasteiger partial charge in [0.15, 0.2) is 0 Å². The third-order valence-corrected chi connectivity index (χ3v) is 5.43. The molecular weight excluding hydrogens is 398 g/mol. The lowest BCUT2D eigenvalue weighted by atomic mass is 9.86. The third-order valence-electron chi connectivity index (χ3n) is 5.43. The average molecular weight is 415 g/mol. The predicted octanol–water partition coefficient (Wildman–Crippen LogP) is -0.147. The molecule has 0 aromatic heterocycles. The van der Waals surface area contributed by atoms with E-state index >= 15 is 0 Å². The summed E-state index contributed by atoms with van der Waals surface area (Å²) < 4.78 is 20.7. The number of Topliss-reactive ketones (excluding diaryl/α,β-unsaturated/α-hetero) is 1. The van der Waals surface area contributed by atoms with Gasteiger partial charge in [0.1, 0.15) is 11.1 Å². The van der Waals surface area contributed by atoms with Crippen molar-refractivity contribution >= 4 is 29.6 Å². The molecule has 10 heteroatoms. The highest BCUT2D eigenvalue weighted by molar-refractivity contribution is 6.24. The third kappa shape index (κ3) is 2.08. The number of fused-ring (bicyclic) bond motifs is 2. The maximum Gasteiger partial charge on any atom is 0.351 e. The largest absolute Gasteiger partial charge is 0.466 e. The number of esters is 3. The van der Waals surface area contributed by atoms with Gasteiger partial charge in [-0.1, -0.05) is 18.2 Å². The van der Waals surface area contributed by atoms with Crippen LogP contribution in [0.1, 0.15) is 22.8 Å². The van der Waals surface area contributed by atoms with Gasteiger partial charge in [0, 0.05) is 11.1 Å². The average Bonchev–Trinajstić information content (AvgIpc) is 3.17. The van der Waals surface area contributed by atoms with Gasteiger partial charge in [-0.05, 0) is 13.0 Å². The smallest absolute Gasteiger partial charge is 0.351 e. The second-order valence-electron chi connectivity index (χ2n) is 6.74. The predicted molar refractivity (Wildman–Crippen MR) is 95.7 cm³/mol. The van der Waals surface area contributed by atoms with E-state index in [2.05, 4.69) is 0 Å². The van der Waals surface area contributed by atoms with Crippen LogP contribution in [0.2, 0.25) is 0 Å². The van der Waals surface area contributed by atoms with E-state index in [1.165, 1.54) is 19.1 Å². The van der Waals surface area contributed by atoms with Crippen molar-refractivity contribution in [3.63, 3.8) is 0 Å². The van der Waals surface area contributed by atoms with E-state index in [9.17, 15) is 24.0 Å². The molecule has 3 aliphatic rings. The number of ether oxygens (including phenoxy) is 4. The molecule has 30 heavy (non-hydrogen) atoms. The number of nitrogens with zero attached hydrogens (tertiary/aromatic N) is 1. The van der Waals surface area contributed by atoms with Crippen LogP contribution in [-0.2, 0) is 43.9 Å². The number of hydrogen-bond acceptors (Lipinski definition) is 9. The summed E-state index contributed by atoms with van der Waals surface area (Å²) in [5.41, 5.74) is -5.32. The summed E-state index contributed by atoms with van der Waals surface area (Å²) in [5.74, 6) is -4.90. The Morgan fingerprint density at radius 1 is 1.07 bits per heavy atom. The SMILES string of the molecule is CCOC(=O)C12OC3(C(C(=O)OC)=C1C(=O)OC)c1ccccc1C(=O)N3CC2=O. The number of carbonyl (C=O) groups is 5. The summed E-state index contributed by atoms with van der Waals surface area (Å²) in [5, 5.41) is 0. The molecule has 3 heterocycles. The summed E-state index contributed by atoms with van der Waals surface area (Å²) in [6, 6.07) is 6.21. The van der Waals surface area contributed by atoms with Crippen molar-refractivity contribution in [2.45, 2.75) is 18.2 Å². The Balaban J connectivity index is 2.14. The first-order valence-electron chi connectivity index (χ1n) is 9.05. The van der Waals surface area contributed by atoms with Crippen molar-refractivity contribution in [1.82, 2.24) is 4.90 Å². The van der Waals surface area contributed by atoms with Crippen molar-refractivity contribution in [3.05, 3.63) is 46.5 Å². The summed E-state index contributed by atoms with van der Waals surface area (Å²) in [6.07, 6.45) is 0. The Hall–Kier alpha value is -3.53. The van der Waals surface area contributed by atoms with Crippen LogP contribution < -0.4 is 0 Å². The molecule has 0 radical (unpaired) electrons. The van der Waals surface area contributed by atoms with Gasteiger partial charge >= 0.3 is 17.9 Å². The minimum Gasteiger partial charge on any atom is -0.466 e. The molecule has 2 bridgehead atoms. The number of methoxy groups -OCH3 is 2. The van der Waals surface area contributed by atoms with E-state index in [1.807, 2.05) is 0 Å². The lowest BCUT2D eigenvalue weighted by Gasteiger charge is -2.43. The molecule has 1 aromatic rings. The van der Waals surface area contributed by atoms with Crippen molar-refractivity contribution in [2.75, 3.05) is 27.4 Å². The first-order chi connectivity index (χ1) is 14.3. The fourth-order valence-corrected chi connectivity index (χ4v) is 4.26. The number of hydrogen-bond donors (Lipinski definition) is 0. The molecule has 1 saturated heterocycles. The van der Waals surface area contributed by atoms with Gasteiger partial charge in [-0.3, -0.25) is 14.5 Å². The van der Waals surface area contributed by atoms with E-state index in [0.29, 0.717) is 0 Å². The Labute approximate surface area is 170 Å². The normalized spacial score (nSPS) is 26.3. The highest BCUT2D eigenvalue weighted by Gasteiger charge is 2.76. The van der Waals surface area contributed by atoms with Crippen molar-refractivity contribution in [3.8, 4) is 0 Å². The van der Waals surface area contributed by atoms with Crippen molar-refractivity contribution < 1.29 is 42.9 Å². The van der Waals surface area contributed by atoms with Crippen molar-refractivity contribution in [1.29, 1.82) is 0 Å². The van der Waals surface area contributed by atoms with E-state index < -0.39 is 58.6 Å². The van der Waals surface area contributed by atoms with Gasteiger partial charge < -0.3 is 18.9 Å². The number of rotatable bonds is 4. The fraction of sp³-hybridized carbons (Fsp3) is 0.350. The maximum absolute atomic E-state index is 13.2. The van der Waals surface area contributed by atoms with Crippen LogP contribution in [0.25, 0.3) is 0 Å². The van der Waals surface area contributed by atoms with Gasteiger partial charge in [0.2, 0.25) is 11.5 Å². The molecule has 4 rings (SSSR count). The molecule has 1 spiro atoms. The summed E-state index contributed by atoms with van der Waals surface area (Å²) in [7, 11) is 2.09. The summed E-state index contributed by atoms with van der Waals surface area (Å²) >= 11 is 0. The first-order valence-corrected chi connectivity index (χ1v) is 9.05. The van der Waals surface area contributed by atoms with Gasteiger partial charge in [0.05, 0.1) is 27.4 Å².